The van der Waals surface area contributed by atoms with Crippen molar-refractivity contribution in [3.8, 4) is 17.2 Å². The predicted molar refractivity (Wildman–Crippen MR) is 129 cm³/mol. The van der Waals surface area contributed by atoms with Crippen LogP contribution in [0.4, 0.5) is 5.00 Å². The summed E-state index contributed by atoms with van der Waals surface area (Å²) in [6.07, 6.45) is 4.98. The maximum Gasteiger partial charge on any atom is 0.341 e. The summed E-state index contributed by atoms with van der Waals surface area (Å²) < 4.78 is 22.5. The number of benzene rings is 1. The van der Waals surface area contributed by atoms with E-state index < -0.39 is 0 Å². The van der Waals surface area contributed by atoms with Crippen molar-refractivity contribution in [2.75, 3.05) is 31.7 Å². The number of fused-ring (bicyclic) bond motifs is 1. The van der Waals surface area contributed by atoms with Crippen molar-refractivity contribution in [2.24, 2.45) is 0 Å². The lowest BCUT2D eigenvalue weighted by Crippen LogP contribution is -2.16. The highest BCUT2D eigenvalue weighted by molar-refractivity contribution is 7.17. The predicted octanol–water partition coefficient (Wildman–Crippen LogP) is 5.64. The van der Waals surface area contributed by atoms with E-state index in [0.717, 1.165) is 42.5 Å². The molecule has 1 aliphatic rings. The number of anilines is 1. The molecule has 0 saturated carbocycles. The van der Waals surface area contributed by atoms with E-state index in [0.29, 0.717) is 53.2 Å². The number of amides is 1. The van der Waals surface area contributed by atoms with Gasteiger partial charge >= 0.3 is 5.97 Å². The molecule has 7 nitrogen and oxygen atoms in total. The zero-order valence-corrected chi connectivity index (χ0v) is 20.7. The SMILES string of the molecule is CCOC(=O)c1c(NC(=O)c2cc(OCC)c(OCC)c(OCC)c2)sc2c1CCCCC2. The van der Waals surface area contributed by atoms with Crippen molar-refractivity contribution in [1.82, 2.24) is 0 Å². The molecular formula is C25H33NO6S. The highest BCUT2D eigenvalue weighted by atomic mass is 32.1. The van der Waals surface area contributed by atoms with E-state index in [9.17, 15) is 9.59 Å². The van der Waals surface area contributed by atoms with Crippen LogP contribution >= 0.6 is 11.3 Å². The van der Waals surface area contributed by atoms with Crippen LogP contribution in [0.15, 0.2) is 12.1 Å². The number of esters is 1. The summed E-state index contributed by atoms with van der Waals surface area (Å²) in [5, 5.41) is 3.50. The van der Waals surface area contributed by atoms with Crippen LogP contribution in [-0.4, -0.2) is 38.3 Å². The first-order valence-corrected chi connectivity index (χ1v) is 12.5. The minimum absolute atomic E-state index is 0.283. The molecule has 0 unspecified atom stereocenters. The fourth-order valence-corrected chi connectivity index (χ4v) is 5.22. The minimum atomic E-state index is -0.385. The number of nitrogens with one attached hydrogen (secondary N) is 1. The first kappa shape index (κ1) is 24.9. The Hall–Kier alpha value is -2.74. The minimum Gasteiger partial charge on any atom is -0.490 e. The van der Waals surface area contributed by atoms with Crippen molar-refractivity contribution in [3.05, 3.63) is 33.7 Å². The Kier molecular flexibility index (Phi) is 9.00. The molecule has 1 heterocycles. The fraction of sp³-hybridized carbons (Fsp3) is 0.520. The summed E-state index contributed by atoms with van der Waals surface area (Å²) in [5.41, 5.74) is 1.87. The standard InChI is InChI=1S/C25H33NO6S/c1-5-29-18-14-16(15-19(30-6-2)22(18)31-7-3)23(27)26-24-21(25(28)32-8-4)17-12-10-9-11-13-20(17)33-24/h14-15H,5-13H2,1-4H3,(H,26,27). The van der Waals surface area contributed by atoms with E-state index in [1.165, 1.54) is 11.3 Å². The maximum absolute atomic E-state index is 13.3. The van der Waals surface area contributed by atoms with Crippen LogP contribution in [0.3, 0.4) is 0 Å². The lowest BCUT2D eigenvalue weighted by atomic mass is 10.1. The van der Waals surface area contributed by atoms with E-state index in [4.69, 9.17) is 18.9 Å². The third-order valence-electron chi connectivity index (χ3n) is 5.30. The fourth-order valence-electron chi connectivity index (χ4n) is 3.94. The van der Waals surface area contributed by atoms with E-state index in [1.807, 2.05) is 20.8 Å². The van der Waals surface area contributed by atoms with Gasteiger partial charge in [-0.05, 0) is 71.1 Å². The van der Waals surface area contributed by atoms with Crippen LogP contribution < -0.4 is 19.5 Å². The molecule has 1 aromatic heterocycles. The van der Waals surface area contributed by atoms with E-state index in [-0.39, 0.29) is 18.5 Å². The molecule has 8 heteroatoms. The normalized spacial score (nSPS) is 13.0. The van der Waals surface area contributed by atoms with Crippen molar-refractivity contribution in [1.29, 1.82) is 0 Å². The molecular weight excluding hydrogens is 442 g/mol. The lowest BCUT2D eigenvalue weighted by molar-refractivity contribution is 0.0527. The van der Waals surface area contributed by atoms with Gasteiger partial charge in [0.2, 0.25) is 5.75 Å². The van der Waals surface area contributed by atoms with Gasteiger partial charge in [0.15, 0.2) is 11.5 Å². The number of rotatable bonds is 10. The Morgan fingerprint density at radius 1 is 0.879 bits per heavy atom. The van der Waals surface area contributed by atoms with Gasteiger partial charge in [0.25, 0.3) is 5.91 Å². The number of aryl methyl sites for hydroxylation is 1. The highest BCUT2D eigenvalue weighted by Crippen LogP contribution is 2.41. The van der Waals surface area contributed by atoms with Crippen LogP contribution in [0.1, 0.15) is 78.1 Å². The summed E-state index contributed by atoms with van der Waals surface area (Å²) in [6, 6.07) is 3.30. The summed E-state index contributed by atoms with van der Waals surface area (Å²) >= 11 is 1.47. The molecule has 0 aliphatic heterocycles. The number of carbonyl (C=O) groups is 2. The summed E-state index contributed by atoms with van der Waals surface area (Å²) in [7, 11) is 0. The molecule has 0 atom stereocenters. The number of hydrogen-bond donors (Lipinski definition) is 1. The highest BCUT2D eigenvalue weighted by Gasteiger charge is 2.27. The third-order valence-corrected chi connectivity index (χ3v) is 6.51. The van der Waals surface area contributed by atoms with Gasteiger partial charge in [-0.2, -0.15) is 0 Å². The molecule has 0 radical (unpaired) electrons. The van der Waals surface area contributed by atoms with Gasteiger partial charge in [-0.15, -0.1) is 11.3 Å². The molecule has 3 rings (SSSR count). The summed E-state index contributed by atoms with van der Waals surface area (Å²) in [4.78, 5) is 27.3. The van der Waals surface area contributed by atoms with Gasteiger partial charge < -0.3 is 24.3 Å². The van der Waals surface area contributed by atoms with Crippen LogP contribution in [0, 0.1) is 0 Å². The van der Waals surface area contributed by atoms with Crippen LogP contribution in [0.25, 0.3) is 0 Å². The van der Waals surface area contributed by atoms with Crippen molar-refractivity contribution in [3.63, 3.8) is 0 Å². The number of ether oxygens (including phenoxy) is 4. The molecule has 0 spiro atoms. The Morgan fingerprint density at radius 2 is 1.52 bits per heavy atom. The molecule has 0 saturated heterocycles. The first-order chi connectivity index (χ1) is 16.0. The second kappa shape index (κ2) is 11.9. The number of hydrogen-bond acceptors (Lipinski definition) is 7. The molecule has 180 valence electrons. The van der Waals surface area contributed by atoms with Crippen LogP contribution in [-0.2, 0) is 17.6 Å². The van der Waals surface area contributed by atoms with Gasteiger partial charge in [0.1, 0.15) is 5.00 Å². The number of thiophene rings is 1. The molecule has 2 aromatic rings. The lowest BCUT2D eigenvalue weighted by Gasteiger charge is -2.17. The Balaban J connectivity index is 1.99. The molecule has 1 amide bonds. The molecule has 0 fully saturated rings. The van der Waals surface area contributed by atoms with Gasteiger partial charge in [-0.1, -0.05) is 6.42 Å². The molecule has 1 aliphatic carbocycles. The average Bonchev–Trinajstić information content (AvgIpc) is 2.96. The van der Waals surface area contributed by atoms with E-state index >= 15 is 0 Å². The molecule has 33 heavy (non-hydrogen) atoms. The second-order valence-corrected chi connectivity index (χ2v) is 8.65. The third kappa shape index (κ3) is 5.79. The van der Waals surface area contributed by atoms with E-state index in [1.54, 1.807) is 19.1 Å². The molecule has 1 aromatic carbocycles. The van der Waals surface area contributed by atoms with Crippen LogP contribution in [0.2, 0.25) is 0 Å². The van der Waals surface area contributed by atoms with E-state index in [2.05, 4.69) is 5.32 Å². The second-order valence-electron chi connectivity index (χ2n) is 7.54. The van der Waals surface area contributed by atoms with Crippen molar-refractivity contribution < 1.29 is 28.5 Å². The zero-order chi connectivity index (χ0) is 23.8. The van der Waals surface area contributed by atoms with Crippen LogP contribution in [0.5, 0.6) is 17.2 Å². The smallest absolute Gasteiger partial charge is 0.341 e. The van der Waals surface area contributed by atoms with Crippen molar-refractivity contribution >= 4 is 28.2 Å². The van der Waals surface area contributed by atoms with Gasteiger partial charge in [-0.3, -0.25) is 4.79 Å². The first-order valence-electron chi connectivity index (χ1n) is 11.7. The Labute approximate surface area is 199 Å². The maximum atomic E-state index is 13.3. The Morgan fingerprint density at radius 3 is 2.12 bits per heavy atom. The van der Waals surface area contributed by atoms with Crippen molar-refractivity contribution in [2.45, 2.75) is 59.8 Å². The zero-order valence-electron chi connectivity index (χ0n) is 19.9. The summed E-state index contributed by atoms with van der Waals surface area (Å²) in [6.45, 7) is 8.96. The summed E-state index contributed by atoms with van der Waals surface area (Å²) in [5.74, 6) is 0.643. The topological polar surface area (TPSA) is 83.1 Å². The monoisotopic (exact) mass is 475 g/mol. The molecule has 0 bridgehead atoms. The quantitative estimate of drug-likeness (QED) is 0.354. The largest absolute Gasteiger partial charge is 0.490 e. The van der Waals surface area contributed by atoms with Gasteiger partial charge in [0.05, 0.1) is 32.0 Å². The van der Waals surface area contributed by atoms with Gasteiger partial charge in [0, 0.05) is 10.4 Å². The Bertz CT molecular complexity index is 957. The average molecular weight is 476 g/mol. The molecule has 1 N–H and O–H groups in total. The number of carbonyl (C=O) groups excluding carboxylic acids is 2. The van der Waals surface area contributed by atoms with Gasteiger partial charge in [-0.25, -0.2) is 4.79 Å².